The van der Waals surface area contributed by atoms with Gasteiger partial charge in [0, 0.05) is 13.1 Å². The van der Waals surface area contributed by atoms with Crippen LogP contribution in [0.25, 0.3) is 0 Å². The number of methoxy groups -OCH3 is 2. The second-order valence-corrected chi connectivity index (χ2v) is 7.80. The molecule has 1 heterocycles. The Hall–Kier alpha value is -1.80. The summed E-state index contributed by atoms with van der Waals surface area (Å²) in [4.78, 5) is 12.4. The van der Waals surface area contributed by atoms with Crippen molar-refractivity contribution in [1.82, 2.24) is 9.62 Å². The van der Waals surface area contributed by atoms with Gasteiger partial charge in [0.1, 0.15) is 11.5 Å². The molecule has 1 aliphatic heterocycles. The molecule has 1 aliphatic rings. The molecule has 134 valence electrons. The number of nitrogens with one attached hydrogen (secondary N) is 1. The summed E-state index contributed by atoms with van der Waals surface area (Å²) in [5.41, 5.74) is 0.756. The first-order chi connectivity index (χ1) is 11.4. The molecule has 24 heavy (non-hydrogen) atoms. The maximum Gasteiger partial charge on any atom is 0.224 e. The van der Waals surface area contributed by atoms with Gasteiger partial charge in [0.2, 0.25) is 15.9 Å². The van der Waals surface area contributed by atoms with Crippen molar-refractivity contribution in [1.29, 1.82) is 0 Å². The van der Waals surface area contributed by atoms with Crippen LogP contribution < -0.4 is 14.8 Å². The number of hydrogen-bond donors (Lipinski definition) is 1. The zero-order chi connectivity index (χ0) is 17.7. The molecule has 8 heteroatoms. The number of hydrogen-bond acceptors (Lipinski definition) is 5. The number of carbonyl (C=O) groups excluding carboxylic acids is 1. The Balaban J connectivity index is 2.03. The van der Waals surface area contributed by atoms with Crippen molar-refractivity contribution in [2.24, 2.45) is 5.92 Å². The second-order valence-electron chi connectivity index (χ2n) is 5.82. The maximum atomic E-state index is 12.4. The first-order valence-corrected chi connectivity index (χ1v) is 9.64. The van der Waals surface area contributed by atoms with E-state index in [1.54, 1.807) is 26.4 Å². The van der Waals surface area contributed by atoms with E-state index in [0.29, 0.717) is 30.9 Å². The van der Waals surface area contributed by atoms with Gasteiger partial charge in [-0.05, 0) is 25.0 Å². The fraction of sp³-hybridized carbons (Fsp3) is 0.562. The van der Waals surface area contributed by atoms with Gasteiger partial charge in [0.15, 0.2) is 0 Å². The van der Waals surface area contributed by atoms with Gasteiger partial charge in [-0.2, -0.15) is 0 Å². The highest BCUT2D eigenvalue weighted by Crippen LogP contribution is 2.28. The average molecular weight is 356 g/mol. The minimum absolute atomic E-state index is 0.156. The Morgan fingerprint density at radius 2 is 1.92 bits per heavy atom. The summed E-state index contributed by atoms with van der Waals surface area (Å²) >= 11 is 0. The summed E-state index contributed by atoms with van der Waals surface area (Å²) in [6, 6.07) is 5.42. The number of amides is 1. The average Bonchev–Trinajstić information content (AvgIpc) is 2.58. The lowest BCUT2D eigenvalue weighted by Crippen LogP contribution is -2.44. The van der Waals surface area contributed by atoms with Crippen molar-refractivity contribution < 1.29 is 22.7 Å². The Morgan fingerprint density at radius 3 is 2.46 bits per heavy atom. The van der Waals surface area contributed by atoms with E-state index in [2.05, 4.69) is 5.32 Å². The summed E-state index contributed by atoms with van der Waals surface area (Å²) in [5, 5.41) is 2.87. The molecule has 7 nitrogen and oxygen atoms in total. The molecule has 0 saturated carbocycles. The van der Waals surface area contributed by atoms with E-state index in [-0.39, 0.29) is 24.9 Å². The fourth-order valence-corrected chi connectivity index (χ4v) is 3.79. The van der Waals surface area contributed by atoms with Crippen LogP contribution in [-0.4, -0.2) is 52.2 Å². The van der Waals surface area contributed by atoms with E-state index >= 15 is 0 Å². The molecule has 0 aromatic heterocycles. The highest BCUT2D eigenvalue weighted by atomic mass is 32.2. The van der Waals surface area contributed by atoms with Gasteiger partial charge in [-0.25, -0.2) is 12.7 Å². The Morgan fingerprint density at radius 1 is 1.29 bits per heavy atom. The van der Waals surface area contributed by atoms with E-state index in [9.17, 15) is 13.2 Å². The molecule has 1 atom stereocenters. The predicted molar refractivity (Wildman–Crippen MR) is 90.5 cm³/mol. The number of carbonyl (C=O) groups is 1. The third kappa shape index (κ3) is 4.39. The Labute approximate surface area is 143 Å². The van der Waals surface area contributed by atoms with Crippen molar-refractivity contribution in [2.75, 3.05) is 33.6 Å². The highest BCUT2D eigenvalue weighted by molar-refractivity contribution is 7.88. The molecular formula is C16H24N2O5S. The quantitative estimate of drug-likeness (QED) is 0.822. The zero-order valence-electron chi connectivity index (χ0n) is 14.2. The summed E-state index contributed by atoms with van der Waals surface area (Å²) in [7, 11) is -0.146. The lowest BCUT2D eigenvalue weighted by Gasteiger charge is -2.30. The van der Waals surface area contributed by atoms with Gasteiger partial charge in [0.05, 0.1) is 38.5 Å². The van der Waals surface area contributed by atoms with Crippen LogP contribution in [0.4, 0.5) is 0 Å². The van der Waals surface area contributed by atoms with E-state index in [4.69, 9.17) is 9.47 Å². The Bertz CT molecular complexity index is 667. The molecule has 2 rings (SSSR count). The topological polar surface area (TPSA) is 84.9 Å². The lowest BCUT2D eigenvalue weighted by atomic mass is 9.98. The molecule has 0 radical (unpaired) electrons. The van der Waals surface area contributed by atoms with Gasteiger partial charge in [-0.15, -0.1) is 0 Å². The van der Waals surface area contributed by atoms with Gasteiger partial charge in [0.25, 0.3) is 0 Å². The molecule has 1 amide bonds. The molecule has 0 aliphatic carbocycles. The van der Waals surface area contributed by atoms with Gasteiger partial charge >= 0.3 is 0 Å². The van der Waals surface area contributed by atoms with Crippen LogP contribution >= 0.6 is 0 Å². The smallest absolute Gasteiger partial charge is 0.224 e. The van der Waals surface area contributed by atoms with Gasteiger partial charge in [-0.3, -0.25) is 4.79 Å². The molecule has 1 aromatic rings. The number of piperidine rings is 1. The molecular weight excluding hydrogens is 332 g/mol. The van der Waals surface area contributed by atoms with Crippen molar-refractivity contribution >= 4 is 15.9 Å². The Kier molecular flexibility index (Phi) is 6.06. The first-order valence-electron chi connectivity index (χ1n) is 7.79. The summed E-state index contributed by atoms with van der Waals surface area (Å²) in [6.07, 6.45) is 2.54. The first kappa shape index (κ1) is 18.5. The van der Waals surface area contributed by atoms with Crippen LogP contribution in [-0.2, 0) is 21.4 Å². The third-order valence-corrected chi connectivity index (χ3v) is 5.46. The SMILES string of the molecule is COc1cccc(OC)c1CNC(=O)C1CCCN(S(C)(=O)=O)C1. The van der Waals surface area contributed by atoms with E-state index < -0.39 is 10.0 Å². The normalized spacial score (nSPS) is 18.9. The van der Waals surface area contributed by atoms with Crippen LogP contribution in [0.3, 0.4) is 0 Å². The maximum absolute atomic E-state index is 12.4. The van der Waals surface area contributed by atoms with Crippen LogP contribution in [0.1, 0.15) is 18.4 Å². The van der Waals surface area contributed by atoms with Crippen LogP contribution in [0.5, 0.6) is 11.5 Å². The van der Waals surface area contributed by atoms with Crippen LogP contribution in [0, 0.1) is 5.92 Å². The molecule has 0 bridgehead atoms. The highest BCUT2D eigenvalue weighted by Gasteiger charge is 2.30. The minimum Gasteiger partial charge on any atom is -0.496 e. The number of ether oxygens (including phenoxy) is 2. The number of sulfonamides is 1. The van der Waals surface area contributed by atoms with E-state index in [1.807, 2.05) is 6.07 Å². The standard InChI is InChI=1S/C16H24N2O5S/c1-22-14-7-4-8-15(23-2)13(14)10-17-16(19)12-6-5-9-18(11-12)24(3,20)21/h4,7-8,12H,5-6,9-11H2,1-3H3,(H,17,19). The largest absolute Gasteiger partial charge is 0.496 e. The number of benzene rings is 1. The van der Waals surface area contributed by atoms with E-state index in [1.165, 1.54) is 10.6 Å². The minimum atomic E-state index is -3.27. The summed E-state index contributed by atoms with van der Waals surface area (Å²) in [6.45, 7) is 0.970. The fourth-order valence-electron chi connectivity index (χ4n) is 2.88. The molecule has 1 fully saturated rings. The molecule has 1 N–H and O–H groups in total. The van der Waals surface area contributed by atoms with Crippen molar-refractivity contribution in [3.63, 3.8) is 0 Å². The van der Waals surface area contributed by atoms with Crippen molar-refractivity contribution in [3.8, 4) is 11.5 Å². The van der Waals surface area contributed by atoms with Gasteiger partial charge < -0.3 is 14.8 Å². The summed E-state index contributed by atoms with van der Waals surface area (Å²) in [5.74, 6) is 0.776. The molecule has 1 saturated heterocycles. The van der Waals surface area contributed by atoms with Gasteiger partial charge in [-0.1, -0.05) is 6.07 Å². The zero-order valence-corrected chi connectivity index (χ0v) is 15.1. The number of rotatable bonds is 6. The third-order valence-electron chi connectivity index (χ3n) is 4.19. The monoisotopic (exact) mass is 356 g/mol. The van der Waals surface area contributed by atoms with Crippen LogP contribution in [0.15, 0.2) is 18.2 Å². The van der Waals surface area contributed by atoms with Crippen molar-refractivity contribution in [3.05, 3.63) is 23.8 Å². The predicted octanol–water partition coefficient (Wildman–Crippen LogP) is 0.992. The lowest BCUT2D eigenvalue weighted by molar-refractivity contribution is -0.126. The number of nitrogens with zero attached hydrogens (tertiary/aromatic N) is 1. The molecule has 1 aromatic carbocycles. The molecule has 0 spiro atoms. The summed E-state index contributed by atoms with van der Waals surface area (Å²) < 4.78 is 35.3. The second kappa shape index (κ2) is 7.85. The van der Waals surface area contributed by atoms with Crippen LogP contribution in [0.2, 0.25) is 0 Å². The van der Waals surface area contributed by atoms with E-state index in [0.717, 1.165) is 5.56 Å². The van der Waals surface area contributed by atoms with Crippen molar-refractivity contribution in [2.45, 2.75) is 19.4 Å². The molecule has 1 unspecified atom stereocenters.